The topological polar surface area (TPSA) is 93.1 Å². The molecule has 0 fully saturated rings. The minimum atomic E-state index is -4.86. The van der Waals surface area contributed by atoms with Crippen molar-refractivity contribution in [3.8, 4) is 5.69 Å². The lowest BCUT2D eigenvalue weighted by Gasteiger charge is -2.17. The van der Waals surface area contributed by atoms with Gasteiger partial charge in [-0.05, 0) is 31.2 Å². The Morgan fingerprint density at radius 3 is 2.33 bits per heavy atom. The molecule has 0 saturated carbocycles. The van der Waals surface area contributed by atoms with Crippen LogP contribution < -0.4 is 10.0 Å². The van der Waals surface area contributed by atoms with Crippen molar-refractivity contribution in [2.45, 2.75) is 24.0 Å². The van der Waals surface area contributed by atoms with E-state index >= 15 is 0 Å². The van der Waals surface area contributed by atoms with Gasteiger partial charge >= 0.3 is 6.18 Å². The number of nitrogens with zero attached hydrogens (tertiary/aromatic N) is 2. The van der Waals surface area contributed by atoms with E-state index in [9.17, 15) is 26.4 Å². The Bertz CT molecular complexity index is 1150. The fourth-order valence-corrected chi connectivity index (χ4v) is 4.06. The number of hydrogen-bond donors (Lipinski definition) is 2. The molecule has 0 aliphatic carbocycles. The van der Waals surface area contributed by atoms with Crippen molar-refractivity contribution >= 4 is 21.7 Å². The van der Waals surface area contributed by atoms with E-state index in [2.05, 4.69) is 10.4 Å². The van der Waals surface area contributed by atoms with Crippen LogP contribution in [0.4, 0.5) is 19.0 Å². The standard InChI is InChI=1S/C19H17F3N4O3S/c1-13(25-30(28,29)16-10-6-5-9-15(16)19(20,21)22)18(27)23-17-11-12-26(24-17)14-7-3-2-4-8-14/h2-13,25H,1H3,(H,23,24,27)/t13-/m0/s1. The van der Waals surface area contributed by atoms with E-state index in [0.29, 0.717) is 6.07 Å². The average molecular weight is 438 g/mol. The highest BCUT2D eigenvalue weighted by Gasteiger charge is 2.37. The van der Waals surface area contributed by atoms with E-state index in [0.717, 1.165) is 17.8 Å². The number of sulfonamides is 1. The Hall–Kier alpha value is -3.18. The molecular weight excluding hydrogens is 421 g/mol. The number of hydrogen-bond acceptors (Lipinski definition) is 4. The van der Waals surface area contributed by atoms with Crippen LogP contribution >= 0.6 is 0 Å². The second kappa shape index (κ2) is 8.28. The van der Waals surface area contributed by atoms with Crippen molar-refractivity contribution in [3.05, 3.63) is 72.4 Å². The van der Waals surface area contributed by atoms with Crippen LogP contribution in [0, 0.1) is 0 Å². The average Bonchev–Trinajstić information content (AvgIpc) is 3.16. The van der Waals surface area contributed by atoms with Gasteiger partial charge in [0.15, 0.2) is 5.82 Å². The molecule has 1 atom stereocenters. The van der Waals surface area contributed by atoms with Crippen molar-refractivity contribution in [3.63, 3.8) is 0 Å². The second-order valence-electron chi connectivity index (χ2n) is 6.31. The highest BCUT2D eigenvalue weighted by atomic mass is 32.2. The van der Waals surface area contributed by atoms with E-state index in [1.165, 1.54) is 23.7 Å². The normalized spacial score (nSPS) is 13.1. The summed E-state index contributed by atoms with van der Waals surface area (Å²) in [4.78, 5) is 11.4. The Balaban J connectivity index is 1.73. The van der Waals surface area contributed by atoms with Gasteiger partial charge in [0.05, 0.1) is 22.2 Å². The molecule has 3 aromatic rings. The summed E-state index contributed by atoms with van der Waals surface area (Å²) in [6.07, 6.45) is -3.26. The van der Waals surface area contributed by atoms with Gasteiger partial charge in [0, 0.05) is 12.3 Å². The first-order valence-electron chi connectivity index (χ1n) is 8.68. The largest absolute Gasteiger partial charge is 0.417 e. The number of alkyl halides is 3. The summed E-state index contributed by atoms with van der Waals surface area (Å²) in [7, 11) is -4.60. The predicted octanol–water partition coefficient (Wildman–Crippen LogP) is 3.20. The maximum Gasteiger partial charge on any atom is 0.417 e. The zero-order valence-corrected chi connectivity index (χ0v) is 16.4. The fraction of sp³-hybridized carbons (Fsp3) is 0.158. The Kier molecular flexibility index (Phi) is 5.94. The number of nitrogens with one attached hydrogen (secondary N) is 2. The molecule has 1 aromatic heterocycles. The third kappa shape index (κ3) is 4.86. The molecule has 1 heterocycles. The van der Waals surface area contributed by atoms with Crippen molar-refractivity contribution < 1.29 is 26.4 Å². The van der Waals surface area contributed by atoms with Crippen LogP contribution in [-0.4, -0.2) is 30.1 Å². The molecule has 0 spiro atoms. The molecule has 3 rings (SSSR count). The zero-order valence-electron chi connectivity index (χ0n) is 15.6. The van der Waals surface area contributed by atoms with Crippen molar-refractivity contribution in [2.24, 2.45) is 0 Å². The lowest BCUT2D eigenvalue weighted by molar-refractivity contribution is -0.139. The van der Waals surface area contributed by atoms with Crippen LogP contribution in [0.2, 0.25) is 0 Å². The summed E-state index contributed by atoms with van der Waals surface area (Å²) < 4.78 is 67.7. The second-order valence-corrected chi connectivity index (χ2v) is 7.99. The van der Waals surface area contributed by atoms with E-state index in [-0.39, 0.29) is 5.82 Å². The summed E-state index contributed by atoms with van der Waals surface area (Å²) in [6, 6.07) is 13.0. The summed E-state index contributed by atoms with van der Waals surface area (Å²) in [5.74, 6) is -0.619. The summed E-state index contributed by atoms with van der Waals surface area (Å²) in [5.41, 5.74) is -0.567. The van der Waals surface area contributed by atoms with Crippen LogP contribution in [0.5, 0.6) is 0 Å². The first-order chi connectivity index (χ1) is 14.1. The fourth-order valence-electron chi connectivity index (χ4n) is 2.63. The highest BCUT2D eigenvalue weighted by molar-refractivity contribution is 7.89. The maximum atomic E-state index is 13.1. The Labute approximate surface area is 170 Å². The molecule has 0 aliphatic rings. The molecule has 7 nitrogen and oxygen atoms in total. The van der Waals surface area contributed by atoms with Crippen molar-refractivity contribution in [2.75, 3.05) is 5.32 Å². The quantitative estimate of drug-likeness (QED) is 0.618. The van der Waals surface area contributed by atoms with Gasteiger partial charge in [0.2, 0.25) is 15.9 Å². The Morgan fingerprint density at radius 2 is 1.67 bits per heavy atom. The molecule has 0 bridgehead atoms. The molecule has 0 aliphatic heterocycles. The highest BCUT2D eigenvalue weighted by Crippen LogP contribution is 2.33. The van der Waals surface area contributed by atoms with E-state index < -0.39 is 38.6 Å². The van der Waals surface area contributed by atoms with Gasteiger partial charge in [-0.2, -0.15) is 23.0 Å². The number of aromatic nitrogens is 2. The van der Waals surface area contributed by atoms with Gasteiger partial charge in [-0.15, -0.1) is 0 Å². The zero-order chi connectivity index (χ0) is 21.9. The molecule has 30 heavy (non-hydrogen) atoms. The van der Waals surface area contributed by atoms with Gasteiger partial charge in [-0.3, -0.25) is 4.79 Å². The number of amides is 1. The molecule has 0 radical (unpaired) electrons. The smallest absolute Gasteiger partial charge is 0.308 e. The molecular formula is C19H17F3N4O3S. The van der Waals surface area contributed by atoms with Gasteiger partial charge < -0.3 is 5.32 Å². The van der Waals surface area contributed by atoms with Gasteiger partial charge in [0.25, 0.3) is 0 Å². The first kappa shape index (κ1) is 21.5. The third-order valence-electron chi connectivity index (χ3n) is 4.07. The van der Waals surface area contributed by atoms with Crippen LogP contribution in [-0.2, 0) is 21.0 Å². The van der Waals surface area contributed by atoms with E-state index in [1.807, 2.05) is 22.9 Å². The SMILES string of the molecule is C[C@H](NS(=O)(=O)c1ccccc1C(F)(F)F)C(=O)Nc1ccn(-c2ccccc2)n1. The van der Waals surface area contributed by atoms with E-state index in [4.69, 9.17) is 0 Å². The minimum absolute atomic E-state index is 0.158. The number of rotatable bonds is 6. The summed E-state index contributed by atoms with van der Waals surface area (Å²) >= 11 is 0. The number of benzene rings is 2. The molecule has 0 saturated heterocycles. The molecule has 2 aromatic carbocycles. The summed E-state index contributed by atoms with van der Waals surface area (Å²) in [6.45, 7) is 1.22. The Morgan fingerprint density at radius 1 is 1.03 bits per heavy atom. The third-order valence-corrected chi connectivity index (χ3v) is 5.67. The number of para-hydroxylation sites is 1. The molecule has 11 heteroatoms. The van der Waals surface area contributed by atoms with E-state index in [1.54, 1.807) is 18.3 Å². The van der Waals surface area contributed by atoms with Crippen LogP contribution in [0.1, 0.15) is 12.5 Å². The van der Waals surface area contributed by atoms with Crippen LogP contribution in [0.3, 0.4) is 0 Å². The van der Waals surface area contributed by atoms with Gasteiger partial charge in [0.1, 0.15) is 0 Å². The van der Waals surface area contributed by atoms with Crippen LogP contribution in [0.15, 0.2) is 71.8 Å². The molecule has 2 N–H and O–H groups in total. The van der Waals surface area contributed by atoms with Gasteiger partial charge in [-0.25, -0.2) is 13.1 Å². The lowest BCUT2D eigenvalue weighted by atomic mass is 10.2. The molecule has 158 valence electrons. The number of carbonyl (C=O) groups excluding carboxylic acids is 1. The number of carbonyl (C=O) groups is 1. The number of anilines is 1. The maximum absolute atomic E-state index is 13.1. The first-order valence-corrected chi connectivity index (χ1v) is 10.2. The molecule has 1 amide bonds. The number of halogens is 3. The predicted molar refractivity (Wildman–Crippen MR) is 103 cm³/mol. The van der Waals surface area contributed by atoms with Crippen molar-refractivity contribution in [1.29, 1.82) is 0 Å². The van der Waals surface area contributed by atoms with Crippen molar-refractivity contribution in [1.82, 2.24) is 14.5 Å². The lowest BCUT2D eigenvalue weighted by Crippen LogP contribution is -2.42. The summed E-state index contributed by atoms with van der Waals surface area (Å²) in [5, 5.41) is 6.59. The van der Waals surface area contributed by atoms with Gasteiger partial charge in [-0.1, -0.05) is 30.3 Å². The molecule has 0 unspecified atom stereocenters. The minimum Gasteiger partial charge on any atom is -0.308 e. The monoisotopic (exact) mass is 438 g/mol. The van der Waals surface area contributed by atoms with Crippen LogP contribution in [0.25, 0.3) is 5.69 Å².